The molecule has 152 valence electrons. The summed E-state index contributed by atoms with van der Waals surface area (Å²) in [7, 11) is 1.53. The monoisotopic (exact) mass is 396 g/mol. The molecule has 1 N–H and O–H groups in total. The first-order chi connectivity index (χ1) is 14.0. The fraction of sp³-hybridized carbons (Fsp3) is 0.318. The van der Waals surface area contributed by atoms with Crippen LogP contribution in [0.5, 0.6) is 5.75 Å². The fourth-order valence-electron chi connectivity index (χ4n) is 3.33. The van der Waals surface area contributed by atoms with Gasteiger partial charge in [-0.3, -0.25) is 9.59 Å². The van der Waals surface area contributed by atoms with Gasteiger partial charge < -0.3 is 19.7 Å². The second-order valence-corrected chi connectivity index (χ2v) is 6.75. The van der Waals surface area contributed by atoms with E-state index in [1.54, 1.807) is 36.4 Å². The molecule has 0 radical (unpaired) electrons. The lowest BCUT2D eigenvalue weighted by molar-refractivity contribution is -0.136. The maximum Gasteiger partial charge on any atom is 0.339 e. The van der Waals surface area contributed by atoms with Crippen molar-refractivity contribution in [1.29, 1.82) is 0 Å². The molecular weight excluding hydrogens is 372 g/mol. The number of amides is 2. The van der Waals surface area contributed by atoms with Gasteiger partial charge in [0.1, 0.15) is 11.9 Å². The number of carbonyl (C=O) groups excluding carboxylic acids is 3. The first-order valence-corrected chi connectivity index (χ1v) is 9.54. The summed E-state index contributed by atoms with van der Waals surface area (Å²) in [5, 5.41) is 2.78. The summed E-state index contributed by atoms with van der Waals surface area (Å²) in [6, 6.07) is 14.1. The molecule has 2 aromatic carbocycles. The Kier molecular flexibility index (Phi) is 6.49. The number of esters is 1. The first-order valence-electron chi connectivity index (χ1n) is 9.54. The van der Waals surface area contributed by atoms with Crippen LogP contribution < -0.4 is 10.1 Å². The second-order valence-electron chi connectivity index (χ2n) is 6.75. The van der Waals surface area contributed by atoms with E-state index < -0.39 is 12.1 Å². The first kappa shape index (κ1) is 20.4. The van der Waals surface area contributed by atoms with Gasteiger partial charge in [0.2, 0.25) is 11.8 Å². The summed E-state index contributed by atoms with van der Waals surface area (Å²) in [5.74, 6) is -0.435. The van der Waals surface area contributed by atoms with Crippen molar-refractivity contribution in [3.8, 4) is 5.75 Å². The van der Waals surface area contributed by atoms with Crippen molar-refractivity contribution in [1.82, 2.24) is 4.90 Å². The van der Waals surface area contributed by atoms with Crippen LogP contribution in [0.1, 0.15) is 41.8 Å². The summed E-state index contributed by atoms with van der Waals surface area (Å²) < 4.78 is 10.6. The maximum atomic E-state index is 12.8. The molecule has 0 spiro atoms. The predicted octanol–water partition coefficient (Wildman–Crippen LogP) is 3.17. The largest absolute Gasteiger partial charge is 0.495 e. The SMILES string of the molecule is CCCN(CC(=O)Nc1ccccc1OC)C(=O)C[C@@H]1OC(=O)c2ccccc21. The molecule has 1 heterocycles. The van der Waals surface area contributed by atoms with Gasteiger partial charge in [-0.2, -0.15) is 0 Å². The number of nitrogens with one attached hydrogen (secondary N) is 1. The highest BCUT2D eigenvalue weighted by molar-refractivity contribution is 5.97. The molecule has 7 nitrogen and oxygen atoms in total. The Balaban J connectivity index is 1.65. The molecule has 0 saturated carbocycles. The summed E-state index contributed by atoms with van der Waals surface area (Å²) in [6.45, 7) is 2.27. The summed E-state index contributed by atoms with van der Waals surface area (Å²) >= 11 is 0. The molecule has 3 rings (SSSR count). The fourth-order valence-corrected chi connectivity index (χ4v) is 3.33. The Morgan fingerprint density at radius 1 is 1.14 bits per heavy atom. The molecule has 2 amide bonds. The van der Waals surface area contributed by atoms with Gasteiger partial charge in [0.05, 0.1) is 31.3 Å². The number of carbonyl (C=O) groups is 3. The van der Waals surface area contributed by atoms with Crippen molar-refractivity contribution in [3.05, 3.63) is 59.7 Å². The van der Waals surface area contributed by atoms with Gasteiger partial charge in [0, 0.05) is 12.1 Å². The smallest absolute Gasteiger partial charge is 0.339 e. The molecule has 0 saturated heterocycles. The number of fused-ring (bicyclic) bond motifs is 1. The number of ether oxygens (including phenoxy) is 2. The zero-order chi connectivity index (χ0) is 20.8. The van der Waals surface area contributed by atoms with E-state index in [9.17, 15) is 14.4 Å². The number of methoxy groups -OCH3 is 1. The molecule has 0 aromatic heterocycles. The highest BCUT2D eigenvalue weighted by Crippen LogP contribution is 2.33. The highest BCUT2D eigenvalue weighted by Gasteiger charge is 2.33. The minimum Gasteiger partial charge on any atom is -0.495 e. The molecule has 2 aromatic rings. The van der Waals surface area contributed by atoms with Crippen molar-refractivity contribution in [3.63, 3.8) is 0 Å². The number of anilines is 1. The molecule has 0 unspecified atom stereocenters. The van der Waals surface area contributed by atoms with E-state index in [0.717, 1.165) is 0 Å². The van der Waals surface area contributed by atoms with E-state index in [1.807, 2.05) is 19.1 Å². The lowest BCUT2D eigenvalue weighted by Crippen LogP contribution is -2.39. The minimum atomic E-state index is -0.622. The van der Waals surface area contributed by atoms with Crippen LogP contribution >= 0.6 is 0 Å². The third kappa shape index (κ3) is 4.74. The minimum absolute atomic E-state index is 0.00465. The van der Waals surface area contributed by atoms with E-state index in [2.05, 4.69) is 5.32 Å². The van der Waals surface area contributed by atoms with Gasteiger partial charge in [-0.25, -0.2) is 4.79 Å². The van der Waals surface area contributed by atoms with Crippen LogP contribution in [-0.4, -0.2) is 42.9 Å². The van der Waals surface area contributed by atoms with Crippen molar-refractivity contribution < 1.29 is 23.9 Å². The molecule has 0 fully saturated rings. The van der Waals surface area contributed by atoms with Gasteiger partial charge in [-0.1, -0.05) is 37.3 Å². The van der Waals surface area contributed by atoms with E-state index in [1.165, 1.54) is 12.0 Å². The standard InChI is InChI=1S/C22H24N2O5/c1-3-12-24(14-20(25)23-17-10-6-7-11-18(17)28-2)21(26)13-19-15-8-4-5-9-16(15)22(27)29-19/h4-11,19H,3,12-14H2,1-2H3,(H,23,25)/t19-/m0/s1. The van der Waals surface area contributed by atoms with E-state index in [0.29, 0.717) is 35.5 Å². The van der Waals surface area contributed by atoms with Crippen molar-refractivity contribution in [2.45, 2.75) is 25.9 Å². The van der Waals surface area contributed by atoms with Crippen molar-refractivity contribution >= 4 is 23.5 Å². The summed E-state index contributed by atoms with van der Waals surface area (Å²) in [4.78, 5) is 38.8. The topological polar surface area (TPSA) is 84.9 Å². The summed E-state index contributed by atoms with van der Waals surface area (Å²) in [6.07, 6.45) is 0.0854. The Bertz CT molecular complexity index is 912. The number of hydrogen-bond donors (Lipinski definition) is 1. The number of para-hydroxylation sites is 2. The van der Waals surface area contributed by atoms with Crippen LogP contribution in [-0.2, 0) is 14.3 Å². The lowest BCUT2D eigenvalue weighted by Gasteiger charge is -2.23. The zero-order valence-electron chi connectivity index (χ0n) is 16.5. The Morgan fingerprint density at radius 2 is 1.86 bits per heavy atom. The molecule has 29 heavy (non-hydrogen) atoms. The van der Waals surface area contributed by atoms with E-state index in [4.69, 9.17) is 9.47 Å². The molecule has 1 aliphatic rings. The van der Waals surface area contributed by atoms with Gasteiger partial charge >= 0.3 is 5.97 Å². The molecular formula is C22H24N2O5. The van der Waals surface area contributed by atoms with Crippen LogP contribution in [0.2, 0.25) is 0 Å². The van der Waals surface area contributed by atoms with Crippen LogP contribution in [0.25, 0.3) is 0 Å². The number of cyclic esters (lactones) is 1. The van der Waals surface area contributed by atoms with Gasteiger partial charge in [-0.15, -0.1) is 0 Å². The van der Waals surface area contributed by atoms with Crippen molar-refractivity contribution in [2.24, 2.45) is 0 Å². The molecule has 0 bridgehead atoms. The third-order valence-corrected chi connectivity index (χ3v) is 4.70. The quantitative estimate of drug-likeness (QED) is 0.693. The number of benzene rings is 2. The number of rotatable bonds is 8. The maximum absolute atomic E-state index is 12.8. The van der Waals surface area contributed by atoms with Gasteiger partial charge in [0.25, 0.3) is 0 Å². The van der Waals surface area contributed by atoms with Crippen LogP contribution in [0, 0.1) is 0 Å². The van der Waals surface area contributed by atoms with Crippen LogP contribution in [0.4, 0.5) is 5.69 Å². The molecule has 0 aliphatic carbocycles. The third-order valence-electron chi connectivity index (χ3n) is 4.70. The molecule has 1 aliphatic heterocycles. The normalized spacial score (nSPS) is 14.7. The zero-order valence-corrected chi connectivity index (χ0v) is 16.5. The van der Waals surface area contributed by atoms with E-state index in [-0.39, 0.29) is 24.8 Å². The Hall–Kier alpha value is -3.35. The number of nitrogens with zero attached hydrogens (tertiary/aromatic N) is 1. The Labute approximate surface area is 169 Å². The van der Waals surface area contributed by atoms with Crippen LogP contribution in [0.3, 0.4) is 0 Å². The molecule has 7 heteroatoms. The second kappa shape index (κ2) is 9.23. The van der Waals surface area contributed by atoms with Crippen LogP contribution in [0.15, 0.2) is 48.5 Å². The van der Waals surface area contributed by atoms with Gasteiger partial charge in [0.15, 0.2) is 0 Å². The average Bonchev–Trinajstić information content (AvgIpc) is 3.03. The summed E-state index contributed by atoms with van der Waals surface area (Å²) in [5.41, 5.74) is 1.74. The molecule has 1 atom stereocenters. The lowest BCUT2D eigenvalue weighted by atomic mass is 10.0. The average molecular weight is 396 g/mol. The predicted molar refractivity (Wildman–Crippen MR) is 108 cm³/mol. The van der Waals surface area contributed by atoms with Crippen molar-refractivity contribution in [2.75, 3.05) is 25.5 Å². The van der Waals surface area contributed by atoms with E-state index >= 15 is 0 Å². The van der Waals surface area contributed by atoms with Gasteiger partial charge in [-0.05, 0) is 24.6 Å². The highest BCUT2D eigenvalue weighted by atomic mass is 16.5. The number of hydrogen-bond acceptors (Lipinski definition) is 5. The Morgan fingerprint density at radius 3 is 2.62 bits per heavy atom.